The Bertz CT molecular complexity index is 530. The van der Waals surface area contributed by atoms with E-state index < -0.39 is 9.84 Å². The van der Waals surface area contributed by atoms with Crippen molar-refractivity contribution in [2.45, 2.75) is 31.8 Å². The molecule has 1 aromatic carbocycles. The molecular formula is C16H26N2O2S. The van der Waals surface area contributed by atoms with Crippen molar-refractivity contribution >= 4 is 9.84 Å². The molecule has 0 bridgehead atoms. The lowest BCUT2D eigenvalue weighted by molar-refractivity contribution is 0.328. The molecule has 1 aliphatic heterocycles. The van der Waals surface area contributed by atoms with Crippen molar-refractivity contribution in [2.24, 2.45) is 0 Å². The lowest BCUT2D eigenvalue weighted by atomic mass is 10.1. The van der Waals surface area contributed by atoms with E-state index in [9.17, 15) is 8.42 Å². The summed E-state index contributed by atoms with van der Waals surface area (Å²) in [6, 6.07) is 11.0. The van der Waals surface area contributed by atoms with Crippen LogP contribution < -0.4 is 5.32 Å². The first kappa shape index (κ1) is 16.5. The van der Waals surface area contributed by atoms with Gasteiger partial charge in [-0.25, -0.2) is 8.42 Å². The number of likely N-dealkylation sites (tertiary alicyclic amines) is 1. The molecule has 1 aliphatic rings. The summed E-state index contributed by atoms with van der Waals surface area (Å²) in [7, 11) is -2.90. The summed E-state index contributed by atoms with van der Waals surface area (Å²) in [4.78, 5) is 2.46. The van der Waals surface area contributed by atoms with Gasteiger partial charge in [-0.05, 0) is 31.9 Å². The fraction of sp³-hybridized carbons (Fsp3) is 0.625. The first-order valence-corrected chi connectivity index (χ1v) is 9.68. The monoisotopic (exact) mass is 310 g/mol. The second-order valence-electron chi connectivity index (χ2n) is 6.18. The molecule has 0 spiro atoms. The van der Waals surface area contributed by atoms with Crippen molar-refractivity contribution in [3.63, 3.8) is 0 Å². The van der Waals surface area contributed by atoms with Gasteiger partial charge in [0.2, 0.25) is 0 Å². The molecule has 0 amide bonds. The van der Waals surface area contributed by atoms with Crippen LogP contribution in [-0.2, 0) is 16.3 Å². The van der Waals surface area contributed by atoms with Crippen LogP contribution in [0, 0.1) is 0 Å². The summed E-state index contributed by atoms with van der Waals surface area (Å²) >= 11 is 0. The molecule has 2 unspecified atom stereocenters. The van der Waals surface area contributed by atoms with Crippen LogP contribution in [-0.4, -0.2) is 57.0 Å². The molecule has 1 fully saturated rings. The van der Waals surface area contributed by atoms with Gasteiger partial charge >= 0.3 is 0 Å². The van der Waals surface area contributed by atoms with Gasteiger partial charge in [0.15, 0.2) is 0 Å². The average molecular weight is 310 g/mol. The van der Waals surface area contributed by atoms with Crippen molar-refractivity contribution in [3.05, 3.63) is 35.9 Å². The molecule has 0 saturated carbocycles. The number of hydrogen-bond donors (Lipinski definition) is 1. The predicted molar refractivity (Wildman–Crippen MR) is 87.3 cm³/mol. The maximum absolute atomic E-state index is 11.3. The SMILES string of the molecule is CC(CS(C)(=O)=O)NC1CCN(CCc2ccccc2)C1. The quantitative estimate of drug-likeness (QED) is 0.825. The lowest BCUT2D eigenvalue weighted by Gasteiger charge is -2.20. The minimum Gasteiger partial charge on any atom is -0.309 e. The predicted octanol–water partition coefficient (Wildman–Crippen LogP) is 1.33. The number of nitrogens with one attached hydrogen (secondary N) is 1. The molecule has 0 radical (unpaired) electrons. The fourth-order valence-corrected chi connectivity index (χ4v) is 4.01. The molecule has 1 saturated heterocycles. The summed E-state index contributed by atoms with van der Waals surface area (Å²) in [6.45, 7) is 5.13. The first-order chi connectivity index (χ1) is 9.92. The summed E-state index contributed by atoms with van der Waals surface area (Å²) < 4.78 is 22.6. The van der Waals surface area contributed by atoms with E-state index in [1.54, 1.807) is 0 Å². The molecule has 1 heterocycles. The smallest absolute Gasteiger partial charge is 0.148 e. The molecule has 4 nitrogen and oxygen atoms in total. The van der Waals surface area contributed by atoms with Crippen molar-refractivity contribution in [1.29, 1.82) is 0 Å². The highest BCUT2D eigenvalue weighted by atomic mass is 32.2. The Morgan fingerprint density at radius 1 is 1.33 bits per heavy atom. The zero-order valence-electron chi connectivity index (χ0n) is 13.0. The van der Waals surface area contributed by atoms with Crippen LogP contribution in [0.2, 0.25) is 0 Å². The molecular weight excluding hydrogens is 284 g/mol. The summed E-state index contributed by atoms with van der Waals surface area (Å²) in [5.74, 6) is 0.216. The Labute approximate surface area is 128 Å². The van der Waals surface area contributed by atoms with E-state index in [1.165, 1.54) is 11.8 Å². The average Bonchev–Trinajstić information content (AvgIpc) is 2.83. The van der Waals surface area contributed by atoms with Gasteiger partial charge in [-0.15, -0.1) is 0 Å². The van der Waals surface area contributed by atoms with Gasteiger partial charge in [-0.1, -0.05) is 30.3 Å². The van der Waals surface area contributed by atoms with Crippen molar-refractivity contribution < 1.29 is 8.42 Å². The normalized spacial score (nSPS) is 21.5. The molecule has 5 heteroatoms. The third-order valence-corrected chi connectivity index (χ3v) is 5.01. The Kier molecular flexibility index (Phi) is 5.79. The molecule has 1 N–H and O–H groups in total. The van der Waals surface area contributed by atoms with Crippen molar-refractivity contribution in [2.75, 3.05) is 31.6 Å². The van der Waals surface area contributed by atoms with Gasteiger partial charge in [-0.3, -0.25) is 0 Å². The molecule has 2 rings (SSSR count). The van der Waals surface area contributed by atoms with Crippen LogP contribution >= 0.6 is 0 Å². The molecule has 0 aliphatic carbocycles. The maximum Gasteiger partial charge on any atom is 0.148 e. The van der Waals surface area contributed by atoms with Gasteiger partial charge in [0, 0.05) is 31.4 Å². The zero-order valence-corrected chi connectivity index (χ0v) is 13.8. The highest BCUT2D eigenvalue weighted by molar-refractivity contribution is 7.90. The molecule has 0 aromatic heterocycles. The summed E-state index contributed by atoms with van der Waals surface area (Å²) in [5.41, 5.74) is 1.37. The second-order valence-corrected chi connectivity index (χ2v) is 8.37. The van der Waals surface area contributed by atoms with E-state index in [0.717, 1.165) is 32.5 Å². The minimum absolute atomic E-state index is 0.0269. The Hall–Kier alpha value is -0.910. The maximum atomic E-state index is 11.3. The number of benzene rings is 1. The van der Waals surface area contributed by atoms with E-state index in [1.807, 2.05) is 13.0 Å². The van der Waals surface area contributed by atoms with E-state index >= 15 is 0 Å². The van der Waals surface area contributed by atoms with E-state index in [-0.39, 0.29) is 11.8 Å². The van der Waals surface area contributed by atoms with Crippen molar-refractivity contribution in [1.82, 2.24) is 10.2 Å². The lowest BCUT2D eigenvalue weighted by Crippen LogP contribution is -2.42. The number of rotatable bonds is 7. The van der Waals surface area contributed by atoms with Crippen LogP contribution in [0.3, 0.4) is 0 Å². The third kappa shape index (κ3) is 6.16. The molecule has 2 atom stereocenters. The minimum atomic E-state index is -2.90. The molecule has 21 heavy (non-hydrogen) atoms. The van der Waals surface area contributed by atoms with Gasteiger partial charge in [0.05, 0.1) is 5.75 Å². The van der Waals surface area contributed by atoms with E-state index in [4.69, 9.17) is 0 Å². The van der Waals surface area contributed by atoms with Crippen LogP contribution in [0.5, 0.6) is 0 Å². The zero-order chi connectivity index (χ0) is 15.3. The summed E-state index contributed by atoms with van der Waals surface area (Å²) in [5, 5.41) is 3.44. The van der Waals surface area contributed by atoms with Gasteiger partial charge < -0.3 is 10.2 Å². The highest BCUT2D eigenvalue weighted by Crippen LogP contribution is 2.11. The Morgan fingerprint density at radius 2 is 2.05 bits per heavy atom. The van der Waals surface area contributed by atoms with Crippen molar-refractivity contribution in [3.8, 4) is 0 Å². The van der Waals surface area contributed by atoms with Gasteiger partial charge in [-0.2, -0.15) is 0 Å². The van der Waals surface area contributed by atoms with Crippen LogP contribution in [0.25, 0.3) is 0 Å². The Morgan fingerprint density at radius 3 is 2.71 bits per heavy atom. The first-order valence-electron chi connectivity index (χ1n) is 7.62. The fourth-order valence-electron chi connectivity index (χ4n) is 3.01. The standard InChI is InChI=1S/C16H26N2O2S/c1-14(13-21(2,19)20)17-16-9-11-18(12-16)10-8-15-6-4-3-5-7-15/h3-7,14,16-17H,8-13H2,1-2H3. The van der Waals surface area contributed by atoms with E-state index in [2.05, 4.69) is 34.5 Å². The van der Waals surface area contributed by atoms with Gasteiger partial charge in [0.1, 0.15) is 9.84 Å². The highest BCUT2D eigenvalue weighted by Gasteiger charge is 2.24. The molecule has 1 aromatic rings. The number of sulfone groups is 1. The number of hydrogen-bond acceptors (Lipinski definition) is 4. The summed E-state index contributed by atoms with van der Waals surface area (Å²) in [6.07, 6.45) is 3.47. The Balaban J connectivity index is 1.71. The molecule has 118 valence electrons. The number of nitrogens with zero attached hydrogens (tertiary/aromatic N) is 1. The van der Waals surface area contributed by atoms with Gasteiger partial charge in [0.25, 0.3) is 0 Å². The topological polar surface area (TPSA) is 49.4 Å². The van der Waals surface area contributed by atoms with Crippen LogP contribution in [0.1, 0.15) is 18.9 Å². The second kappa shape index (κ2) is 7.38. The van der Waals surface area contributed by atoms with E-state index in [0.29, 0.717) is 6.04 Å². The largest absolute Gasteiger partial charge is 0.309 e. The third-order valence-electron chi connectivity index (χ3n) is 3.90. The van der Waals surface area contributed by atoms with Crippen LogP contribution in [0.4, 0.5) is 0 Å². The van der Waals surface area contributed by atoms with Crippen LogP contribution in [0.15, 0.2) is 30.3 Å².